The fraction of sp³-hybridized carbons (Fsp3) is 0.722. The van der Waals surface area contributed by atoms with Crippen LogP contribution >= 0.6 is 0 Å². The number of hydrogen-bond acceptors (Lipinski definition) is 9. The van der Waals surface area contributed by atoms with Crippen LogP contribution in [0.4, 0.5) is 0 Å². The first kappa shape index (κ1) is 22.4. The zero-order valence-corrected chi connectivity index (χ0v) is 19.2. The molecule has 1 saturated carbocycles. The molecule has 2 aliphatic heterocycles. The maximum absolute atomic E-state index is 13.5. The lowest BCUT2D eigenvalue weighted by Crippen LogP contribution is -2.56. The minimum atomic E-state index is -3.77. The number of fused-ring (bicyclic) bond motifs is 1. The maximum Gasteiger partial charge on any atom is 0.359 e. The molecular formula is C18H25N3O8S2. The van der Waals surface area contributed by atoms with Gasteiger partial charge in [0.15, 0.2) is 15.5 Å². The molecule has 1 aromatic rings. The Morgan fingerprint density at radius 3 is 2.52 bits per heavy atom. The molecule has 1 amide bonds. The number of carbonyl (C=O) groups excluding carboxylic acids is 2. The molecule has 0 radical (unpaired) electrons. The predicted molar refractivity (Wildman–Crippen MR) is 108 cm³/mol. The summed E-state index contributed by atoms with van der Waals surface area (Å²) in [6.45, 7) is 3.25. The predicted octanol–water partition coefficient (Wildman–Crippen LogP) is -0.0733. The zero-order chi connectivity index (χ0) is 22.6. The molecule has 0 spiro atoms. The number of rotatable bonds is 6. The van der Waals surface area contributed by atoms with E-state index >= 15 is 0 Å². The number of ether oxygens (including phenoxy) is 1. The van der Waals surface area contributed by atoms with Crippen molar-refractivity contribution >= 4 is 33.1 Å². The second-order valence-corrected chi connectivity index (χ2v) is 12.1. The van der Waals surface area contributed by atoms with Crippen molar-refractivity contribution in [3.05, 3.63) is 17.0 Å². The van der Waals surface area contributed by atoms with Gasteiger partial charge in [-0.15, -0.1) is 0 Å². The molecule has 31 heavy (non-hydrogen) atoms. The quantitative estimate of drug-likeness (QED) is 0.518. The Morgan fingerprint density at radius 1 is 1.29 bits per heavy atom. The summed E-state index contributed by atoms with van der Waals surface area (Å²) in [7, 11) is -2.20. The SMILES string of the molecule is CCOC(=O)c1nn(C)c2c1CCN(CC1(S(=O)(=O)C3(C)COS(=O)OC3)CC1)C2=O. The number of esters is 1. The number of sulfone groups is 1. The van der Waals surface area contributed by atoms with Gasteiger partial charge in [-0.2, -0.15) is 9.31 Å². The first-order valence-corrected chi connectivity index (χ1v) is 12.5. The highest BCUT2D eigenvalue weighted by molar-refractivity contribution is 7.94. The van der Waals surface area contributed by atoms with E-state index in [0.717, 1.165) is 0 Å². The van der Waals surface area contributed by atoms with Crippen LogP contribution in [0.3, 0.4) is 0 Å². The van der Waals surface area contributed by atoms with Crippen LogP contribution in [0.15, 0.2) is 0 Å². The molecule has 3 heterocycles. The average Bonchev–Trinajstić information content (AvgIpc) is 3.43. The van der Waals surface area contributed by atoms with E-state index in [4.69, 9.17) is 13.1 Å². The number of amides is 1. The van der Waals surface area contributed by atoms with Crippen molar-refractivity contribution in [3.63, 3.8) is 0 Å². The normalized spacial score (nSPS) is 27.6. The van der Waals surface area contributed by atoms with E-state index in [2.05, 4.69) is 5.10 Å². The molecule has 0 N–H and O–H groups in total. The Labute approximate surface area is 182 Å². The fourth-order valence-corrected chi connectivity index (χ4v) is 7.55. The number of aryl methyl sites for hydroxylation is 1. The topological polar surface area (TPSA) is 134 Å². The average molecular weight is 476 g/mol. The third-order valence-corrected chi connectivity index (χ3v) is 9.99. The van der Waals surface area contributed by atoms with E-state index in [1.54, 1.807) is 14.0 Å². The van der Waals surface area contributed by atoms with Crippen LogP contribution in [0.1, 0.15) is 53.2 Å². The van der Waals surface area contributed by atoms with Crippen molar-refractivity contribution in [3.8, 4) is 0 Å². The molecule has 1 aromatic heterocycles. The molecule has 1 saturated heterocycles. The lowest BCUT2D eigenvalue weighted by Gasteiger charge is -2.37. The van der Waals surface area contributed by atoms with Crippen molar-refractivity contribution in [2.24, 2.45) is 7.05 Å². The summed E-state index contributed by atoms with van der Waals surface area (Å²) < 4.78 is 52.1. The zero-order valence-electron chi connectivity index (χ0n) is 17.6. The van der Waals surface area contributed by atoms with Gasteiger partial charge in [-0.3, -0.25) is 17.8 Å². The lowest BCUT2D eigenvalue weighted by molar-refractivity contribution is 0.0517. The van der Waals surface area contributed by atoms with Crippen molar-refractivity contribution in [1.82, 2.24) is 14.7 Å². The Bertz CT molecular complexity index is 1050. The van der Waals surface area contributed by atoms with Crippen LogP contribution < -0.4 is 0 Å². The standard InChI is InChI=1S/C18H25N3O8S2/c1-4-27-16(23)13-12-5-8-21(15(22)14(12)20(3)19-13)9-18(6-7-18)31(25,26)17(2)10-28-30(24)29-11-17/h4-11H2,1-3H3. The highest BCUT2D eigenvalue weighted by Gasteiger charge is 2.63. The summed E-state index contributed by atoms with van der Waals surface area (Å²) in [6.07, 6.45) is 1.22. The van der Waals surface area contributed by atoms with E-state index < -0.39 is 36.7 Å². The van der Waals surface area contributed by atoms with Gasteiger partial charge in [0.2, 0.25) is 0 Å². The van der Waals surface area contributed by atoms with Crippen molar-refractivity contribution in [2.75, 3.05) is 32.9 Å². The fourth-order valence-electron chi connectivity index (χ4n) is 4.18. The number of nitrogens with zero attached hydrogens (tertiary/aromatic N) is 3. The van der Waals surface area contributed by atoms with Gasteiger partial charge in [-0.1, -0.05) is 0 Å². The second kappa shape index (κ2) is 7.64. The monoisotopic (exact) mass is 475 g/mol. The lowest BCUT2D eigenvalue weighted by atomic mass is 10.0. The van der Waals surface area contributed by atoms with Crippen molar-refractivity contribution in [2.45, 2.75) is 42.6 Å². The van der Waals surface area contributed by atoms with Crippen LogP contribution in [0, 0.1) is 0 Å². The molecule has 3 aliphatic rings. The van der Waals surface area contributed by atoms with Crippen molar-refractivity contribution in [1.29, 1.82) is 0 Å². The molecular weight excluding hydrogens is 450 g/mol. The van der Waals surface area contributed by atoms with E-state index in [0.29, 0.717) is 24.8 Å². The Kier molecular flexibility index (Phi) is 5.51. The highest BCUT2D eigenvalue weighted by atomic mass is 32.2. The van der Waals surface area contributed by atoms with E-state index in [-0.39, 0.29) is 50.2 Å². The Hall–Kier alpha value is -1.83. The minimum absolute atomic E-state index is 0.0339. The van der Waals surface area contributed by atoms with E-state index in [9.17, 15) is 22.2 Å². The smallest absolute Gasteiger partial charge is 0.359 e. The van der Waals surface area contributed by atoms with Gasteiger partial charge in [0.05, 0.1) is 24.6 Å². The van der Waals surface area contributed by atoms with E-state index in [1.807, 2.05) is 0 Å². The summed E-state index contributed by atoms with van der Waals surface area (Å²) in [5.74, 6) is -0.944. The number of hydrogen-bond donors (Lipinski definition) is 0. The van der Waals surface area contributed by atoms with Crippen LogP contribution in [0.25, 0.3) is 0 Å². The van der Waals surface area contributed by atoms with Gasteiger partial charge in [0.1, 0.15) is 10.4 Å². The maximum atomic E-state index is 13.5. The molecule has 4 rings (SSSR count). The molecule has 0 atom stereocenters. The molecule has 172 valence electrons. The third-order valence-electron chi connectivity index (χ3n) is 6.16. The van der Waals surface area contributed by atoms with Gasteiger partial charge in [-0.05, 0) is 33.1 Å². The molecule has 1 aliphatic carbocycles. The third kappa shape index (κ3) is 3.51. The molecule has 0 bridgehead atoms. The largest absolute Gasteiger partial charge is 0.461 e. The van der Waals surface area contributed by atoms with Crippen molar-refractivity contribution < 1.29 is 35.3 Å². The van der Waals surface area contributed by atoms with Gasteiger partial charge in [0, 0.05) is 25.7 Å². The molecule has 0 unspecified atom stereocenters. The summed E-state index contributed by atoms with van der Waals surface area (Å²) in [6, 6.07) is 0. The van der Waals surface area contributed by atoms with Gasteiger partial charge in [0.25, 0.3) is 5.91 Å². The summed E-state index contributed by atoms with van der Waals surface area (Å²) in [4.78, 5) is 26.9. The van der Waals surface area contributed by atoms with E-state index in [1.165, 1.54) is 16.5 Å². The Balaban J connectivity index is 1.57. The Morgan fingerprint density at radius 2 is 1.94 bits per heavy atom. The van der Waals surface area contributed by atoms with Gasteiger partial charge >= 0.3 is 17.3 Å². The van der Waals surface area contributed by atoms with Crippen LogP contribution in [0.2, 0.25) is 0 Å². The van der Waals surface area contributed by atoms with Gasteiger partial charge in [-0.25, -0.2) is 13.2 Å². The molecule has 13 heteroatoms. The van der Waals surface area contributed by atoms with Crippen LogP contribution in [0.5, 0.6) is 0 Å². The first-order chi connectivity index (χ1) is 14.6. The first-order valence-electron chi connectivity index (χ1n) is 10.00. The van der Waals surface area contributed by atoms with Crippen LogP contribution in [-0.4, -0.2) is 81.6 Å². The number of aromatic nitrogens is 2. The highest BCUT2D eigenvalue weighted by Crippen LogP contribution is 2.50. The van der Waals surface area contributed by atoms with Gasteiger partial charge < -0.3 is 9.64 Å². The molecule has 0 aromatic carbocycles. The summed E-state index contributed by atoms with van der Waals surface area (Å²) in [5, 5.41) is 4.16. The summed E-state index contributed by atoms with van der Waals surface area (Å²) in [5.41, 5.74) is 0.921. The van der Waals surface area contributed by atoms with Crippen LogP contribution in [-0.2, 0) is 47.8 Å². The number of carbonyl (C=O) groups is 2. The molecule has 11 nitrogen and oxygen atoms in total. The minimum Gasteiger partial charge on any atom is -0.461 e. The summed E-state index contributed by atoms with van der Waals surface area (Å²) >= 11 is -1.95. The molecule has 2 fully saturated rings. The second-order valence-electron chi connectivity index (χ2n) is 8.36.